The molecule has 144 valence electrons. The molecule has 1 saturated heterocycles. The molecule has 0 aromatic heterocycles. The lowest BCUT2D eigenvalue weighted by molar-refractivity contribution is -0.150. The summed E-state index contributed by atoms with van der Waals surface area (Å²) in [6.45, 7) is 5.91. The highest BCUT2D eigenvalue weighted by Gasteiger charge is 2.60. The normalized spacial score (nSPS) is 46.3. The Kier molecular flexibility index (Phi) is 5.08. The van der Waals surface area contributed by atoms with E-state index in [-0.39, 0.29) is 5.54 Å². The maximum absolute atomic E-state index is 13.0. The second-order valence-electron chi connectivity index (χ2n) is 9.00. The lowest BCUT2D eigenvalue weighted by Gasteiger charge is -2.58. The van der Waals surface area contributed by atoms with E-state index in [0.29, 0.717) is 23.0 Å². The quantitative estimate of drug-likeness (QED) is 0.564. The average molecular weight is 374 g/mol. The zero-order valence-corrected chi connectivity index (χ0v) is 16.0. The van der Waals surface area contributed by atoms with E-state index in [1.54, 1.807) is 0 Å². The van der Waals surface area contributed by atoms with Crippen molar-refractivity contribution in [1.29, 1.82) is 0 Å². The van der Waals surface area contributed by atoms with Gasteiger partial charge >= 0.3 is 10.4 Å². The first-order valence-electron chi connectivity index (χ1n) is 9.52. The van der Waals surface area contributed by atoms with Crippen LogP contribution in [-0.4, -0.2) is 35.4 Å². The highest BCUT2D eigenvalue weighted by Crippen LogP contribution is 2.61. The monoisotopic (exact) mass is 373 g/mol. The van der Waals surface area contributed by atoms with E-state index in [9.17, 15) is 4.79 Å². The fourth-order valence-corrected chi connectivity index (χ4v) is 6.72. The fourth-order valence-electron chi connectivity index (χ4n) is 6.72. The summed E-state index contributed by atoms with van der Waals surface area (Å²) < 4.78 is 31.6. The number of hydrogen-bond donors (Lipinski definition) is 3. The lowest BCUT2D eigenvalue weighted by atomic mass is 9.46. The van der Waals surface area contributed by atoms with Gasteiger partial charge in [0, 0.05) is 17.9 Å². The Morgan fingerprint density at radius 1 is 1.08 bits per heavy atom. The van der Waals surface area contributed by atoms with Crippen molar-refractivity contribution >= 4 is 16.2 Å². The average Bonchev–Trinajstić information content (AvgIpc) is 2.85. The number of nitrogens with one attached hydrogen (secondary N) is 1. The number of fused-ring (bicyclic) bond motifs is 5. The molecule has 0 amide bonds. The number of carbonyl (C=O) groups is 1. The highest BCUT2D eigenvalue weighted by atomic mass is 32.3. The zero-order chi connectivity index (χ0) is 18.5. The molecular formula is C18H31NO5S. The number of Topliss-reactive ketones (excluding diaryl/α,β-unsaturated/α-hetero) is 1. The van der Waals surface area contributed by atoms with Gasteiger partial charge in [0.15, 0.2) is 0 Å². The molecule has 0 aromatic rings. The first kappa shape index (κ1) is 19.3. The van der Waals surface area contributed by atoms with Crippen molar-refractivity contribution in [2.45, 2.75) is 70.8 Å². The van der Waals surface area contributed by atoms with Crippen molar-refractivity contribution < 1.29 is 22.3 Å². The minimum atomic E-state index is -4.67. The van der Waals surface area contributed by atoms with Crippen LogP contribution < -0.4 is 5.32 Å². The van der Waals surface area contributed by atoms with Crippen molar-refractivity contribution in [3.05, 3.63) is 0 Å². The van der Waals surface area contributed by atoms with E-state index in [0.717, 1.165) is 24.8 Å². The van der Waals surface area contributed by atoms with Gasteiger partial charge in [0.1, 0.15) is 5.78 Å². The molecular weight excluding hydrogens is 342 g/mol. The summed E-state index contributed by atoms with van der Waals surface area (Å²) in [5.74, 6) is 3.25. The molecule has 25 heavy (non-hydrogen) atoms. The Morgan fingerprint density at radius 3 is 2.44 bits per heavy atom. The number of rotatable bonds is 0. The van der Waals surface area contributed by atoms with E-state index in [4.69, 9.17) is 17.5 Å². The molecule has 0 spiro atoms. The first-order valence-corrected chi connectivity index (χ1v) is 10.9. The summed E-state index contributed by atoms with van der Waals surface area (Å²) in [5.41, 5.74) is 0.457. The molecule has 0 radical (unpaired) electrons. The smallest absolute Gasteiger partial charge is 0.311 e. The van der Waals surface area contributed by atoms with Crippen LogP contribution in [0.5, 0.6) is 0 Å². The number of ketones is 1. The van der Waals surface area contributed by atoms with Crippen LogP contribution in [0.1, 0.15) is 65.2 Å². The Hall–Kier alpha value is -0.500. The fraction of sp³-hybridized carbons (Fsp3) is 0.944. The van der Waals surface area contributed by atoms with Gasteiger partial charge in [-0.1, -0.05) is 19.8 Å². The van der Waals surface area contributed by atoms with Crippen molar-refractivity contribution in [3.8, 4) is 0 Å². The minimum Gasteiger partial charge on any atom is -0.311 e. The van der Waals surface area contributed by atoms with Gasteiger partial charge in [0.05, 0.1) is 0 Å². The molecule has 4 rings (SSSR count). The maximum Gasteiger partial charge on any atom is 0.394 e. The van der Waals surface area contributed by atoms with Gasteiger partial charge in [-0.2, -0.15) is 8.42 Å². The van der Waals surface area contributed by atoms with Crippen LogP contribution >= 0.6 is 0 Å². The Morgan fingerprint density at radius 2 is 1.76 bits per heavy atom. The third-order valence-corrected chi connectivity index (χ3v) is 7.65. The van der Waals surface area contributed by atoms with E-state index in [2.05, 4.69) is 19.2 Å². The van der Waals surface area contributed by atoms with Gasteiger partial charge in [-0.3, -0.25) is 13.9 Å². The highest BCUT2D eigenvalue weighted by molar-refractivity contribution is 7.79. The summed E-state index contributed by atoms with van der Waals surface area (Å²) in [6.07, 6.45) is 10.2. The Balaban J connectivity index is 0.000000324. The molecule has 3 aliphatic carbocycles. The van der Waals surface area contributed by atoms with Crippen molar-refractivity contribution in [3.63, 3.8) is 0 Å². The molecule has 3 saturated carbocycles. The largest absolute Gasteiger partial charge is 0.394 e. The minimum absolute atomic E-state index is 0.121. The van der Waals surface area contributed by atoms with Gasteiger partial charge in [0.25, 0.3) is 0 Å². The summed E-state index contributed by atoms with van der Waals surface area (Å²) in [5, 5.41) is 3.66. The first-order chi connectivity index (χ1) is 11.5. The van der Waals surface area contributed by atoms with E-state index >= 15 is 0 Å². The number of hydrogen-bond acceptors (Lipinski definition) is 4. The second kappa shape index (κ2) is 6.59. The topological polar surface area (TPSA) is 104 Å². The van der Waals surface area contributed by atoms with Crippen LogP contribution in [0, 0.1) is 29.1 Å². The van der Waals surface area contributed by atoms with E-state index in [1.165, 1.54) is 44.9 Å². The van der Waals surface area contributed by atoms with Crippen molar-refractivity contribution in [2.24, 2.45) is 29.1 Å². The Bertz CT molecular complexity index is 627. The standard InChI is InChI=1S/C18H29NO.H2O4S/c1-17-9-4-3-5-12(17)6-7-13-14-8-10-19-18(14,2)11-15(20)16(13)17;1-5(2,3)4/h12-14,16,19H,3-11H2,1-2H3;(H2,1,2,3,4)/t12?,13-,14-,16-,17-,18-;/m0./s1. The van der Waals surface area contributed by atoms with Gasteiger partial charge in [-0.05, 0) is 68.7 Å². The Labute approximate surface area is 150 Å². The third-order valence-electron chi connectivity index (χ3n) is 7.65. The van der Waals surface area contributed by atoms with Gasteiger partial charge in [-0.15, -0.1) is 0 Å². The molecule has 6 atom stereocenters. The second-order valence-corrected chi connectivity index (χ2v) is 9.89. The molecule has 7 heteroatoms. The SMILES string of the molecule is C[C@]12CCCCC1CC[C@@H]1[C@H]2C(=O)C[C@]2(C)NCC[C@@H]12.O=S(=O)(O)O. The summed E-state index contributed by atoms with van der Waals surface area (Å²) in [4.78, 5) is 13.0. The zero-order valence-electron chi connectivity index (χ0n) is 15.2. The van der Waals surface area contributed by atoms with E-state index < -0.39 is 10.4 Å². The van der Waals surface area contributed by atoms with Crippen LogP contribution in [0.2, 0.25) is 0 Å². The molecule has 4 aliphatic rings. The summed E-state index contributed by atoms with van der Waals surface area (Å²) in [7, 11) is -4.67. The molecule has 3 N–H and O–H groups in total. The molecule has 1 unspecified atom stereocenters. The number of carbonyl (C=O) groups excluding carboxylic acids is 1. The lowest BCUT2D eigenvalue weighted by Crippen LogP contribution is -2.60. The molecule has 4 fully saturated rings. The van der Waals surface area contributed by atoms with Crippen LogP contribution in [0.15, 0.2) is 0 Å². The molecule has 0 bridgehead atoms. The van der Waals surface area contributed by atoms with Crippen LogP contribution in [0.4, 0.5) is 0 Å². The van der Waals surface area contributed by atoms with Gasteiger partial charge in [-0.25, -0.2) is 0 Å². The molecule has 6 nitrogen and oxygen atoms in total. The van der Waals surface area contributed by atoms with Crippen molar-refractivity contribution in [2.75, 3.05) is 6.54 Å². The summed E-state index contributed by atoms with van der Waals surface area (Å²) in [6, 6.07) is 0. The molecule has 1 heterocycles. The summed E-state index contributed by atoms with van der Waals surface area (Å²) >= 11 is 0. The van der Waals surface area contributed by atoms with Crippen molar-refractivity contribution in [1.82, 2.24) is 5.32 Å². The molecule has 0 aromatic carbocycles. The van der Waals surface area contributed by atoms with E-state index in [1.807, 2.05) is 0 Å². The van der Waals surface area contributed by atoms with Crippen LogP contribution in [0.3, 0.4) is 0 Å². The predicted molar refractivity (Wildman–Crippen MR) is 94.6 cm³/mol. The van der Waals surface area contributed by atoms with Gasteiger partial charge in [0.2, 0.25) is 0 Å². The van der Waals surface area contributed by atoms with Crippen LogP contribution in [-0.2, 0) is 15.2 Å². The predicted octanol–water partition coefficient (Wildman–Crippen LogP) is 2.90. The maximum atomic E-state index is 13.0. The van der Waals surface area contributed by atoms with Crippen LogP contribution in [0.25, 0.3) is 0 Å². The van der Waals surface area contributed by atoms with Gasteiger partial charge < -0.3 is 5.32 Å². The third kappa shape index (κ3) is 3.66. The molecule has 1 aliphatic heterocycles.